The second kappa shape index (κ2) is 9.57. The van der Waals surface area contributed by atoms with Crippen molar-refractivity contribution in [1.29, 1.82) is 0 Å². The molecule has 2 rings (SSSR count). The SMILES string of the molecule is O=C(O)c1ccccc1Nc1cc(Cl)ccc1C(=O)O.[H-].[H-].[Na+].[Na+]. The van der Waals surface area contributed by atoms with Crippen molar-refractivity contribution < 1.29 is 81.8 Å². The second-order valence-corrected chi connectivity index (χ2v) is 4.41. The van der Waals surface area contributed by atoms with Gasteiger partial charge in [0.05, 0.1) is 22.5 Å². The molecule has 0 fully saturated rings. The summed E-state index contributed by atoms with van der Waals surface area (Å²) in [5.74, 6) is -2.23. The van der Waals surface area contributed by atoms with Crippen LogP contribution in [0.3, 0.4) is 0 Å². The molecule has 0 spiro atoms. The predicted molar refractivity (Wildman–Crippen MR) is 77.3 cm³/mol. The zero-order chi connectivity index (χ0) is 14.7. The molecule has 0 amide bonds. The Hall–Kier alpha value is -0.530. The molecule has 0 aliphatic rings. The van der Waals surface area contributed by atoms with Crippen LogP contribution < -0.4 is 64.4 Å². The number of carbonyl (C=O) groups is 2. The summed E-state index contributed by atoms with van der Waals surface area (Å²) in [6, 6.07) is 10.5. The fourth-order valence-electron chi connectivity index (χ4n) is 1.73. The smallest absolute Gasteiger partial charge is 1.00 e. The molecule has 0 aromatic heterocycles. The number of para-hydroxylation sites is 1. The van der Waals surface area contributed by atoms with Crippen molar-refractivity contribution in [2.24, 2.45) is 0 Å². The molecule has 3 N–H and O–H groups in total. The van der Waals surface area contributed by atoms with Crippen molar-refractivity contribution in [2.45, 2.75) is 0 Å². The largest absolute Gasteiger partial charge is 1.00 e. The average molecular weight is 340 g/mol. The number of benzene rings is 2. The number of rotatable bonds is 4. The van der Waals surface area contributed by atoms with Crippen LogP contribution in [0.5, 0.6) is 0 Å². The van der Waals surface area contributed by atoms with E-state index in [1.54, 1.807) is 18.2 Å². The van der Waals surface area contributed by atoms with Gasteiger partial charge >= 0.3 is 71.1 Å². The molecule has 0 saturated carbocycles. The molecule has 22 heavy (non-hydrogen) atoms. The quantitative estimate of drug-likeness (QED) is 0.546. The van der Waals surface area contributed by atoms with Crippen LogP contribution in [0.15, 0.2) is 42.5 Å². The van der Waals surface area contributed by atoms with Crippen LogP contribution >= 0.6 is 11.6 Å². The fourth-order valence-corrected chi connectivity index (χ4v) is 1.90. The summed E-state index contributed by atoms with van der Waals surface area (Å²) in [4.78, 5) is 22.3. The van der Waals surface area contributed by atoms with Gasteiger partial charge in [0, 0.05) is 5.02 Å². The van der Waals surface area contributed by atoms with Gasteiger partial charge in [-0.05, 0) is 30.3 Å². The van der Waals surface area contributed by atoms with E-state index in [0.717, 1.165) is 0 Å². The van der Waals surface area contributed by atoms with E-state index < -0.39 is 11.9 Å². The van der Waals surface area contributed by atoms with Crippen LogP contribution in [-0.4, -0.2) is 22.2 Å². The molecule has 0 unspecified atom stereocenters. The van der Waals surface area contributed by atoms with Gasteiger partial charge in [-0.2, -0.15) is 0 Å². The predicted octanol–water partition coefficient (Wildman–Crippen LogP) is -2.29. The van der Waals surface area contributed by atoms with Gasteiger partial charge in [-0.1, -0.05) is 23.7 Å². The Bertz CT molecular complexity index is 704. The Labute approximate surface area is 179 Å². The summed E-state index contributed by atoms with van der Waals surface area (Å²) in [6.07, 6.45) is 0. The minimum atomic E-state index is -1.13. The zero-order valence-corrected chi connectivity index (χ0v) is 16.9. The molecule has 0 heterocycles. The Morgan fingerprint density at radius 2 is 1.45 bits per heavy atom. The first-order valence-electron chi connectivity index (χ1n) is 5.61. The van der Waals surface area contributed by atoms with Crippen molar-refractivity contribution >= 4 is 34.9 Å². The maximum atomic E-state index is 11.1. The van der Waals surface area contributed by atoms with Crippen LogP contribution in [0.4, 0.5) is 11.4 Å². The van der Waals surface area contributed by atoms with Crippen molar-refractivity contribution in [3.05, 3.63) is 58.6 Å². The van der Waals surface area contributed by atoms with Crippen molar-refractivity contribution in [1.82, 2.24) is 0 Å². The Kier molecular flexibility index (Phi) is 9.34. The Morgan fingerprint density at radius 3 is 2.05 bits per heavy atom. The van der Waals surface area contributed by atoms with E-state index in [9.17, 15) is 9.59 Å². The molecule has 5 nitrogen and oxygen atoms in total. The Morgan fingerprint density at radius 1 is 0.909 bits per heavy atom. The second-order valence-electron chi connectivity index (χ2n) is 3.97. The summed E-state index contributed by atoms with van der Waals surface area (Å²) in [7, 11) is 0. The topological polar surface area (TPSA) is 86.6 Å². The number of nitrogens with one attached hydrogen (secondary N) is 1. The fraction of sp³-hybridized carbons (Fsp3) is 0. The van der Waals surface area contributed by atoms with Gasteiger partial charge in [0.2, 0.25) is 0 Å². The normalized spacial score (nSPS) is 9.14. The molecule has 8 heteroatoms. The molecular weight excluding hydrogens is 328 g/mol. The maximum Gasteiger partial charge on any atom is 1.00 e. The number of hydrogen-bond acceptors (Lipinski definition) is 3. The molecule has 0 aliphatic carbocycles. The van der Waals surface area contributed by atoms with Gasteiger partial charge in [-0.3, -0.25) is 0 Å². The zero-order valence-electron chi connectivity index (χ0n) is 14.1. The summed E-state index contributed by atoms with van der Waals surface area (Å²) in [5, 5.41) is 21.4. The van der Waals surface area contributed by atoms with Crippen LogP contribution in [0.25, 0.3) is 0 Å². The van der Waals surface area contributed by atoms with E-state index >= 15 is 0 Å². The number of hydrogen-bond donors (Lipinski definition) is 3. The van der Waals surface area contributed by atoms with Crippen molar-refractivity contribution in [3.8, 4) is 0 Å². The number of carboxylic acid groups (broad SMARTS) is 2. The van der Waals surface area contributed by atoms with Crippen LogP contribution in [0.2, 0.25) is 5.02 Å². The standard InChI is InChI=1S/C14H10ClNO4.2Na.2H/c15-8-5-6-10(14(19)20)12(7-8)16-11-4-2-1-3-9(11)13(17)18;;;;/h1-7,16H,(H,17,18)(H,19,20);;;;/q;2*+1;2*-1. The van der Waals surface area contributed by atoms with E-state index in [2.05, 4.69) is 5.32 Å². The minimum absolute atomic E-state index is 0. The van der Waals surface area contributed by atoms with E-state index in [0.29, 0.717) is 10.7 Å². The molecule has 0 bridgehead atoms. The number of anilines is 2. The third-order valence-electron chi connectivity index (χ3n) is 2.64. The Balaban J connectivity index is -0.00000110. The summed E-state index contributed by atoms with van der Waals surface area (Å²) in [6.45, 7) is 0. The minimum Gasteiger partial charge on any atom is -1.00 e. The van der Waals surface area contributed by atoms with Crippen molar-refractivity contribution in [3.63, 3.8) is 0 Å². The first-order valence-corrected chi connectivity index (χ1v) is 5.99. The molecular formula is C14H12ClNNa2O4. The van der Waals surface area contributed by atoms with Crippen LogP contribution in [-0.2, 0) is 0 Å². The van der Waals surface area contributed by atoms with Crippen molar-refractivity contribution in [2.75, 3.05) is 5.32 Å². The van der Waals surface area contributed by atoms with Gasteiger partial charge < -0.3 is 18.4 Å². The average Bonchev–Trinajstić information content (AvgIpc) is 2.38. The summed E-state index contributed by atoms with van der Waals surface area (Å²) < 4.78 is 0. The number of aromatic carboxylic acids is 2. The summed E-state index contributed by atoms with van der Waals surface area (Å²) in [5.41, 5.74) is 0.585. The van der Waals surface area contributed by atoms with Gasteiger partial charge in [0.1, 0.15) is 0 Å². The molecule has 0 aliphatic heterocycles. The first kappa shape index (κ1) is 21.5. The molecule has 2 aromatic rings. The molecule has 0 saturated heterocycles. The maximum absolute atomic E-state index is 11.1. The molecule has 2 aromatic carbocycles. The molecule has 106 valence electrons. The van der Waals surface area contributed by atoms with E-state index in [-0.39, 0.29) is 78.8 Å². The third-order valence-corrected chi connectivity index (χ3v) is 2.87. The number of carboxylic acids is 2. The van der Waals surface area contributed by atoms with Gasteiger partial charge in [0.15, 0.2) is 0 Å². The molecule has 0 radical (unpaired) electrons. The van der Waals surface area contributed by atoms with E-state index in [4.69, 9.17) is 21.8 Å². The van der Waals surface area contributed by atoms with E-state index in [1.807, 2.05) is 0 Å². The van der Waals surface area contributed by atoms with Gasteiger partial charge in [0.25, 0.3) is 0 Å². The summed E-state index contributed by atoms with van der Waals surface area (Å²) >= 11 is 5.84. The third kappa shape index (κ3) is 5.28. The van der Waals surface area contributed by atoms with E-state index in [1.165, 1.54) is 24.3 Å². The van der Waals surface area contributed by atoms with Gasteiger partial charge in [-0.25, -0.2) is 9.59 Å². The first-order chi connectivity index (χ1) is 9.49. The number of halogens is 1. The van der Waals surface area contributed by atoms with Crippen LogP contribution in [0, 0.1) is 0 Å². The monoisotopic (exact) mass is 339 g/mol. The molecule has 0 atom stereocenters. The van der Waals surface area contributed by atoms with Crippen LogP contribution in [0.1, 0.15) is 23.6 Å². The van der Waals surface area contributed by atoms with Gasteiger partial charge in [-0.15, -0.1) is 0 Å².